The SMILES string of the molecule is CC(C)(C)OC(=O)N1C[C@H](F)C[C@H]1COc1nc(N2CCN(C(=O)O)C(CC#N)C2)c2cnc(-c3cccc4ccc(F)c(Cl)c34)c(F)c2n1. The summed E-state index contributed by atoms with van der Waals surface area (Å²) in [6, 6.07) is 7.91. The van der Waals surface area contributed by atoms with E-state index in [1.54, 1.807) is 43.9 Å². The number of pyridine rings is 1. The van der Waals surface area contributed by atoms with E-state index >= 15 is 4.39 Å². The zero-order valence-corrected chi connectivity index (χ0v) is 28.1. The van der Waals surface area contributed by atoms with E-state index in [2.05, 4.69) is 15.0 Å². The molecular weight excluding hydrogens is 679 g/mol. The third-order valence-corrected chi connectivity index (χ3v) is 8.95. The maximum absolute atomic E-state index is 16.7. The standard InChI is InChI=1S/C34H33ClF3N7O5/c1-34(2,3)50-33(48)45-15-19(36)13-21(45)17-49-31-41-29-23(30(42-31)43-11-12-44(32(46)47)20(16-43)9-10-39)14-40-28(27(29)38)22-6-4-5-18-7-8-24(37)26(35)25(18)22/h4-8,14,19-21H,9,11-13,15-17H2,1-3H3,(H,46,47)/t19-,20?,21+/m1/s1. The molecule has 12 nitrogen and oxygen atoms in total. The molecule has 2 saturated heterocycles. The number of nitrogens with zero attached hydrogens (tertiary/aromatic N) is 7. The lowest BCUT2D eigenvalue weighted by atomic mass is 10.0. The summed E-state index contributed by atoms with van der Waals surface area (Å²) in [5, 5.41) is 19.9. The molecule has 2 aromatic carbocycles. The fourth-order valence-corrected chi connectivity index (χ4v) is 6.61. The first-order valence-corrected chi connectivity index (χ1v) is 16.2. The molecule has 4 heterocycles. The van der Waals surface area contributed by atoms with Crippen molar-refractivity contribution in [1.29, 1.82) is 5.26 Å². The number of fused-ring (bicyclic) bond motifs is 2. The number of hydrogen-bond acceptors (Lipinski definition) is 9. The van der Waals surface area contributed by atoms with Crippen molar-refractivity contribution in [3.05, 3.63) is 53.2 Å². The van der Waals surface area contributed by atoms with Crippen molar-refractivity contribution >= 4 is 51.3 Å². The number of aromatic nitrogens is 3. The maximum Gasteiger partial charge on any atom is 0.410 e. The van der Waals surface area contributed by atoms with Crippen molar-refractivity contribution in [2.24, 2.45) is 0 Å². The second-order valence-electron chi connectivity index (χ2n) is 13.1. The van der Waals surface area contributed by atoms with Crippen molar-refractivity contribution in [3.63, 3.8) is 0 Å². The summed E-state index contributed by atoms with van der Waals surface area (Å²) in [5.41, 5.74) is -0.983. The monoisotopic (exact) mass is 711 g/mol. The number of alkyl halides is 1. The van der Waals surface area contributed by atoms with E-state index in [9.17, 15) is 28.7 Å². The molecule has 2 aliphatic rings. The Bertz CT molecular complexity index is 2020. The van der Waals surface area contributed by atoms with Gasteiger partial charge in [-0.15, -0.1) is 0 Å². The molecule has 2 amide bonds. The van der Waals surface area contributed by atoms with Gasteiger partial charge in [0.2, 0.25) is 0 Å². The number of likely N-dealkylation sites (tertiary alicyclic amines) is 1. The maximum atomic E-state index is 16.7. The number of anilines is 1. The van der Waals surface area contributed by atoms with Crippen molar-refractivity contribution in [3.8, 4) is 23.3 Å². The smallest absolute Gasteiger partial charge is 0.410 e. The van der Waals surface area contributed by atoms with Gasteiger partial charge in [0.1, 0.15) is 41.2 Å². The van der Waals surface area contributed by atoms with Crippen molar-refractivity contribution in [2.45, 2.75) is 57.5 Å². The highest BCUT2D eigenvalue weighted by Crippen LogP contribution is 2.38. The molecule has 6 rings (SSSR count). The highest BCUT2D eigenvalue weighted by molar-refractivity contribution is 6.36. The first-order valence-electron chi connectivity index (χ1n) is 15.9. The third kappa shape index (κ3) is 6.84. The Hall–Kier alpha value is -5.10. The molecular formula is C34H33ClF3N7O5. The van der Waals surface area contributed by atoms with Crippen molar-refractivity contribution in [2.75, 3.05) is 37.7 Å². The Morgan fingerprint density at radius 1 is 1.10 bits per heavy atom. The highest BCUT2D eigenvalue weighted by atomic mass is 35.5. The van der Waals surface area contributed by atoms with Crippen LogP contribution in [0.15, 0.2) is 36.5 Å². The van der Waals surface area contributed by atoms with Crippen LogP contribution in [0.25, 0.3) is 32.9 Å². The molecule has 0 spiro atoms. The van der Waals surface area contributed by atoms with Crippen LogP contribution in [0.4, 0.5) is 28.6 Å². The molecule has 3 atom stereocenters. The molecule has 0 bridgehead atoms. The molecule has 2 aromatic heterocycles. The lowest BCUT2D eigenvalue weighted by molar-refractivity contribution is 0.0177. The van der Waals surface area contributed by atoms with E-state index in [0.717, 1.165) is 0 Å². The van der Waals surface area contributed by atoms with Gasteiger partial charge in [-0.2, -0.15) is 15.2 Å². The quantitative estimate of drug-likeness (QED) is 0.233. The number of carbonyl (C=O) groups is 2. The molecule has 16 heteroatoms. The summed E-state index contributed by atoms with van der Waals surface area (Å²) in [5.74, 6) is -1.42. The predicted octanol–water partition coefficient (Wildman–Crippen LogP) is 6.59. The van der Waals surface area contributed by atoms with Gasteiger partial charge in [-0.3, -0.25) is 9.88 Å². The summed E-state index contributed by atoms with van der Waals surface area (Å²) in [7, 11) is 0. The molecule has 1 N–H and O–H groups in total. The number of nitriles is 1. The van der Waals surface area contributed by atoms with Gasteiger partial charge in [0, 0.05) is 43.2 Å². The van der Waals surface area contributed by atoms with Crippen LogP contribution in [0.3, 0.4) is 0 Å². The van der Waals surface area contributed by atoms with Crippen LogP contribution in [0.2, 0.25) is 5.02 Å². The van der Waals surface area contributed by atoms with E-state index in [0.29, 0.717) is 5.39 Å². The second kappa shape index (κ2) is 13.7. The molecule has 2 aliphatic heterocycles. The van der Waals surface area contributed by atoms with E-state index in [4.69, 9.17) is 21.1 Å². The molecule has 0 saturated carbocycles. The van der Waals surface area contributed by atoms with E-state index in [1.165, 1.54) is 28.1 Å². The van der Waals surface area contributed by atoms with Crippen LogP contribution in [0, 0.1) is 23.0 Å². The molecule has 50 heavy (non-hydrogen) atoms. The number of rotatable bonds is 6. The summed E-state index contributed by atoms with van der Waals surface area (Å²) in [4.78, 5) is 42.2. The first-order chi connectivity index (χ1) is 23.8. The van der Waals surface area contributed by atoms with E-state index in [1.807, 2.05) is 6.07 Å². The summed E-state index contributed by atoms with van der Waals surface area (Å²) >= 11 is 6.35. The molecule has 0 radical (unpaired) electrons. The van der Waals surface area contributed by atoms with Gasteiger partial charge < -0.3 is 24.4 Å². The molecule has 1 unspecified atom stereocenters. The molecule has 262 valence electrons. The molecule has 4 aromatic rings. The zero-order valence-electron chi connectivity index (χ0n) is 27.4. The van der Waals surface area contributed by atoms with Gasteiger partial charge in [-0.05, 0) is 32.2 Å². The van der Waals surface area contributed by atoms with E-state index in [-0.39, 0.29) is 90.0 Å². The number of piperazine rings is 1. The van der Waals surface area contributed by atoms with Crippen molar-refractivity contribution < 1.29 is 37.3 Å². The Labute approximate surface area is 290 Å². The van der Waals surface area contributed by atoms with Crippen LogP contribution in [-0.4, -0.2) is 98.7 Å². The number of hydrogen-bond donors (Lipinski definition) is 1. The third-order valence-electron chi connectivity index (χ3n) is 8.58. The van der Waals surface area contributed by atoms with Crippen LogP contribution >= 0.6 is 11.6 Å². The second-order valence-corrected chi connectivity index (χ2v) is 13.5. The van der Waals surface area contributed by atoms with Crippen molar-refractivity contribution in [1.82, 2.24) is 24.8 Å². The van der Waals surface area contributed by atoms with Crippen LogP contribution in [-0.2, 0) is 4.74 Å². The minimum absolute atomic E-state index is 0.0300. The van der Waals surface area contributed by atoms with Gasteiger partial charge in [0.15, 0.2) is 5.82 Å². The highest BCUT2D eigenvalue weighted by Gasteiger charge is 2.39. The Kier molecular flexibility index (Phi) is 9.50. The lowest BCUT2D eigenvalue weighted by Gasteiger charge is -2.39. The number of carboxylic acid groups (broad SMARTS) is 1. The minimum Gasteiger partial charge on any atom is -0.465 e. The lowest BCUT2D eigenvalue weighted by Crippen LogP contribution is -2.55. The Morgan fingerprint density at radius 2 is 1.88 bits per heavy atom. The predicted molar refractivity (Wildman–Crippen MR) is 178 cm³/mol. The summed E-state index contributed by atoms with van der Waals surface area (Å²) in [6.07, 6.45) is -1.99. The number of amides is 2. The molecule has 0 aliphatic carbocycles. The van der Waals surface area contributed by atoms with Gasteiger partial charge >= 0.3 is 18.2 Å². The first kappa shape index (κ1) is 34.8. The fourth-order valence-electron chi connectivity index (χ4n) is 6.33. The molecule has 2 fully saturated rings. The van der Waals surface area contributed by atoms with Gasteiger partial charge in [-0.25, -0.2) is 22.8 Å². The summed E-state index contributed by atoms with van der Waals surface area (Å²) in [6.45, 7) is 4.86. The summed E-state index contributed by atoms with van der Waals surface area (Å²) < 4.78 is 57.2. The number of benzene rings is 2. The minimum atomic E-state index is -1.32. The van der Waals surface area contributed by atoms with Gasteiger partial charge in [0.25, 0.3) is 0 Å². The topological polar surface area (TPSA) is 145 Å². The number of halogens is 4. The zero-order chi connectivity index (χ0) is 35.9. The van der Waals surface area contributed by atoms with Crippen LogP contribution < -0.4 is 9.64 Å². The van der Waals surface area contributed by atoms with Gasteiger partial charge in [-0.1, -0.05) is 35.9 Å². The van der Waals surface area contributed by atoms with Crippen LogP contribution in [0.5, 0.6) is 6.01 Å². The number of ether oxygens (including phenoxy) is 2. The Morgan fingerprint density at radius 3 is 2.60 bits per heavy atom. The van der Waals surface area contributed by atoms with E-state index < -0.39 is 47.7 Å². The average Bonchev–Trinajstić information content (AvgIpc) is 3.45. The van der Waals surface area contributed by atoms with Gasteiger partial charge in [0.05, 0.1) is 41.5 Å². The number of carbonyl (C=O) groups excluding carboxylic acids is 1. The largest absolute Gasteiger partial charge is 0.465 e. The normalized spacial score (nSPS) is 19.6. The Balaban J connectivity index is 1.43. The fraction of sp³-hybridized carbons (Fsp3) is 0.412. The average molecular weight is 712 g/mol. The van der Waals surface area contributed by atoms with Crippen LogP contribution in [0.1, 0.15) is 33.6 Å².